The minimum Gasteiger partial charge on any atom is -0.497 e. The number of rotatable bonds is 5. The summed E-state index contributed by atoms with van der Waals surface area (Å²) >= 11 is 7.48. The second-order valence-corrected chi connectivity index (χ2v) is 6.71. The van der Waals surface area contributed by atoms with Gasteiger partial charge in [0.05, 0.1) is 7.11 Å². The minimum absolute atomic E-state index is 0.114. The number of ether oxygens (including phenoxy) is 2. The Labute approximate surface area is 149 Å². The van der Waals surface area contributed by atoms with Gasteiger partial charge < -0.3 is 9.47 Å². The van der Waals surface area contributed by atoms with Crippen LogP contribution in [0.5, 0.6) is 5.75 Å². The van der Waals surface area contributed by atoms with E-state index in [4.69, 9.17) is 21.1 Å². The molecule has 2 aliphatic rings. The number of β-lactam (4-membered cyclic amide) rings is 1. The van der Waals surface area contributed by atoms with Gasteiger partial charge in [0.2, 0.25) is 0 Å². The van der Waals surface area contributed by atoms with Gasteiger partial charge in [-0.1, -0.05) is 18.7 Å². The molecule has 0 bridgehead atoms. The average molecular weight is 366 g/mol. The number of carbonyl (C=O) groups excluding carboxylic acids is 2. The maximum atomic E-state index is 12.5. The van der Waals surface area contributed by atoms with Gasteiger partial charge in [-0.15, -0.1) is 23.4 Å². The van der Waals surface area contributed by atoms with E-state index in [9.17, 15) is 9.59 Å². The number of thioether (sulfide) groups is 1. The van der Waals surface area contributed by atoms with Crippen LogP contribution in [0.4, 0.5) is 0 Å². The second kappa shape index (κ2) is 6.91. The molecule has 24 heavy (non-hydrogen) atoms. The first kappa shape index (κ1) is 16.9. The predicted molar refractivity (Wildman–Crippen MR) is 92.8 cm³/mol. The van der Waals surface area contributed by atoms with E-state index in [1.807, 2.05) is 12.1 Å². The van der Waals surface area contributed by atoms with Crippen molar-refractivity contribution in [2.45, 2.75) is 12.0 Å². The summed E-state index contributed by atoms with van der Waals surface area (Å²) in [4.78, 5) is 26.0. The molecule has 2 aliphatic heterocycles. The SMILES string of the molecule is C=C1C(=O)N2C(C(=O)OCc3ccc(OC)cc3)=C(CCl)CS[C@H]12. The van der Waals surface area contributed by atoms with Gasteiger partial charge in [-0.3, -0.25) is 9.69 Å². The first-order valence-corrected chi connectivity index (χ1v) is 8.87. The molecular formula is C17H16ClNO4S. The van der Waals surface area contributed by atoms with Crippen molar-refractivity contribution in [2.75, 3.05) is 18.7 Å². The fourth-order valence-electron chi connectivity index (χ4n) is 2.55. The molecular weight excluding hydrogens is 350 g/mol. The van der Waals surface area contributed by atoms with Crippen molar-refractivity contribution in [2.24, 2.45) is 0 Å². The summed E-state index contributed by atoms with van der Waals surface area (Å²) in [6, 6.07) is 7.23. The number of nitrogens with zero attached hydrogens (tertiary/aromatic N) is 1. The van der Waals surface area contributed by atoms with Crippen LogP contribution >= 0.6 is 23.4 Å². The number of carbonyl (C=O) groups is 2. The standard InChI is InChI=1S/C17H16ClNO4S/c1-10-15(20)19-14(12(7-18)9-24-16(10)19)17(21)23-8-11-3-5-13(22-2)6-4-11/h3-6,16H,1,7-9H2,2H3/t16-/m1/s1. The molecule has 0 saturated carbocycles. The van der Waals surface area contributed by atoms with E-state index in [0.29, 0.717) is 16.9 Å². The molecule has 0 aliphatic carbocycles. The van der Waals surface area contributed by atoms with Crippen molar-refractivity contribution >= 4 is 35.2 Å². The topological polar surface area (TPSA) is 55.8 Å². The Balaban J connectivity index is 1.73. The molecule has 1 amide bonds. The summed E-state index contributed by atoms with van der Waals surface area (Å²) in [7, 11) is 1.59. The summed E-state index contributed by atoms with van der Waals surface area (Å²) in [6.45, 7) is 3.86. The van der Waals surface area contributed by atoms with Crippen LogP contribution in [0, 0.1) is 0 Å². The van der Waals surface area contributed by atoms with Crippen LogP contribution in [0.3, 0.4) is 0 Å². The number of amides is 1. The second-order valence-electron chi connectivity index (χ2n) is 5.37. The van der Waals surface area contributed by atoms with Crippen LogP contribution in [-0.2, 0) is 20.9 Å². The number of benzene rings is 1. The lowest BCUT2D eigenvalue weighted by Gasteiger charge is -2.45. The average Bonchev–Trinajstić information content (AvgIpc) is 2.64. The predicted octanol–water partition coefficient (Wildman–Crippen LogP) is 2.70. The summed E-state index contributed by atoms with van der Waals surface area (Å²) in [5, 5.41) is -0.187. The van der Waals surface area contributed by atoms with Crippen LogP contribution in [0.2, 0.25) is 0 Å². The van der Waals surface area contributed by atoms with Gasteiger partial charge in [0.1, 0.15) is 23.4 Å². The van der Waals surface area contributed by atoms with E-state index in [-0.39, 0.29) is 29.5 Å². The molecule has 0 unspecified atom stereocenters. The van der Waals surface area contributed by atoms with Crippen molar-refractivity contribution in [3.8, 4) is 5.75 Å². The number of fused-ring (bicyclic) bond motifs is 1. The number of hydrogen-bond acceptors (Lipinski definition) is 5. The van der Waals surface area contributed by atoms with E-state index >= 15 is 0 Å². The highest BCUT2D eigenvalue weighted by atomic mass is 35.5. The molecule has 0 spiro atoms. The van der Waals surface area contributed by atoms with Crippen LogP contribution in [-0.4, -0.2) is 40.9 Å². The molecule has 1 aromatic carbocycles. The largest absolute Gasteiger partial charge is 0.497 e. The lowest BCUT2D eigenvalue weighted by atomic mass is 10.0. The van der Waals surface area contributed by atoms with Crippen LogP contribution < -0.4 is 4.74 Å². The summed E-state index contributed by atoms with van der Waals surface area (Å²) in [5.41, 5.74) is 2.31. The van der Waals surface area contributed by atoms with Gasteiger partial charge in [0, 0.05) is 17.2 Å². The molecule has 5 nitrogen and oxygen atoms in total. The van der Waals surface area contributed by atoms with Crippen molar-refractivity contribution in [3.63, 3.8) is 0 Å². The van der Waals surface area contributed by atoms with Crippen molar-refractivity contribution in [1.29, 1.82) is 0 Å². The van der Waals surface area contributed by atoms with Crippen LogP contribution in [0.25, 0.3) is 0 Å². The van der Waals surface area contributed by atoms with Gasteiger partial charge in [-0.25, -0.2) is 4.79 Å². The highest BCUT2D eigenvalue weighted by Crippen LogP contribution is 2.43. The number of methoxy groups -OCH3 is 1. The van der Waals surface area contributed by atoms with Gasteiger partial charge in [0.25, 0.3) is 5.91 Å². The van der Waals surface area contributed by atoms with Gasteiger partial charge in [-0.2, -0.15) is 0 Å². The fraction of sp³-hybridized carbons (Fsp3) is 0.294. The molecule has 1 atom stereocenters. The molecule has 1 aromatic rings. The monoisotopic (exact) mass is 365 g/mol. The third-order valence-corrected chi connectivity index (χ3v) is 5.55. The van der Waals surface area contributed by atoms with Crippen molar-refractivity contribution in [1.82, 2.24) is 4.90 Å². The smallest absolute Gasteiger partial charge is 0.355 e. The van der Waals surface area contributed by atoms with E-state index < -0.39 is 5.97 Å². The summed E-state index contributed by atoms with van der Waals surface area (Å²) < 4.78 is 10.5. The molecule has 0 radical (unpaired) electrons. The maximum absolute atomic E-state index is 12.5. The Bertz CT molecular complexity index is 729. The molecule has 1 fully saturated rings. The Morgan fingerprint density at radius 1 is 1.42 bits per heavy atom. The maximum Gasteiger partial charge on any atom is 0.355 e. The summed E-state index contributed by atoms with van der Waals surface area (Å²) in [6.07, 6.45) is 0. The van der Waals surface area contributed by atoms with E-state index in [2.05, 4.69) is 6.58 Å². The molecule has 1 saturated heterocycles. The molecule has 3 rings (SSSR count). The Kier molecular flexibility index (Phi) is 4.87. The number of esters is 1. The van der Waals surface area contributed by atoms with Gasteiger partial charge >= 0.3 is 5.97 Å². The van der Waals surface area contributed by atoms with Gasteiger partial charge in [-0.05, 0) is 23.3 Å². The van der Waals surface area contributed by atoms with E-state index in [1.54, 1.807) is 19.2 Å². The zero-order valence-electron chi connectivity index (χ0n) is 13.1. The fourth-order valence-corrected chi connectivity index (χ4v) is 4.14. The third kappa shape index (κ3) is 2.91. The Hall–Kier alpha value is -1.92. The summed E-state index contributed by atoms with van der Waals surface area (Å²) in [5.74, 6) is 0.722. The van der Waals surface area contributed by atoms with Crippen LogP contribution in [0.15, 0.2) is 47.7 Å². The molecule has 0 aromatic heterocycles. The highest BCUT2D eigenvalue weighted by Gasteiger charge is 2.48. The van der Waals surface area contributed by atoms with E-state index in [0.717, 1.165) is 11.3 Å². The quantitative estimate of drug-likeness (QED) is 0.347. The van der Waals surface area contributed by atoms with E-state index in [1.165, 1.54) is 16.7 Å². The highest BCUT2D eigenvalue weighted by molar-refractivity contribution is 8.00. The number of alkyl halides is 1. The lowest BCUT2D eigenvalue weighted by Crippen LogP contribution is -2.56. The van der Waals surface area contributed by atoms with Crippen LogP contribution in [0.1, 0.15) is 5.56 Å². The molecule has 7 heteroatoms. The third-order valence-electron chi connectivity index (χ3n) is 3.90. The zero-order chi connectivity index (χ0) is 17.3. The van der Waals surface area contributed by atoms with Crippen molar-refractivity contribution in [3.05, 3.63) is 53.3 Å². The first-order valence-electron chi connectivity index (χ1n) is 7.28. The lowest BCUT2D eigenvalue weighted by molar-refractivity contribution is -0.147. The number of hydrogen-bond donors (Lipinski definition) is 0. The Morgan fingerprint density at radius 2 is 2.12 bits per heavy atom. The minimum atomic E-state index is -0.535. The zero-order valence-corrected chi connectivity index (χ0v) is 14.7. The Morgan fingerprint density at radius 3 is 2.75 bits per heavy atom. The first-order chi connectivity index (χ1) is 11.6. The molecule has 2 heterocycles. The normalized spacial score (nSPS) is 19.8. The molecule has 126 valence electrons. The number of halogens is 1. The van der Waals surface area contributed by atoms with Crippen molar-refractivity contribution < 1.29 is 19.1 Å². The molecule has 0 N–H and O–H groups in total. The van der Waals surface area contributed by atoms with Gasteiger partial charge in [0.15, 0.2) is 0 Å².